The zero-order valence-electron chi connectivity index (χ0n) is 18.5. The molecule has 6 rings (SSSR count). The number of carbonyl (C=O) groups is 1. The van der Waals surface area contributed by atoms with Crippen molar-refractivity contribution in [3.63, 3.8) is 0 Å². The van der Waals surface area contributed by atoms with E-state index in [-0.39, 0.29) is 23.9 Å². The molecule has 170 valence electrons. The van der Waals surface area contributed by atoms with Gasteiger partial charge in [-0.3, -0.25) is 9.69 Å². The lowest BCUT2D eigenvalue weighted by Crippen LogP contribution is -2.59. The van der Waals surface area contributed by atoms with E-state index in [2.05, 4.69) is 14.9 Å². The highest BCUT2D eigenvalue weighted by atomic mass is 19.1. The van der Waals surface area contributed by atoms with Crippen molar-refractivity contribution in [1.29, 1.82) is 0 Å². The average molecular weight is 447 g/mol. The Morgan fingerprint density at radius 2 is 1.88 bits per heavy atom. The highest BCUT2D eigenvalue weighted by Gasteiger charge is 2.46. The van der Waals surface area contributed by atoms with Crippen LogP contribution in [0.4, 0.5) is 4.39 Å². The summed E-state index contributed by atoms with van der Waals surface area (Å²) in [6.45, 7) is 3.19. The Morgan fingerprint density at radius 1 is 1.09 bits per heavy atom. The molecule has 0 radical (unpaired) electrons. The van der Waals surface area contributed by atoms with E-state index in [1.54, 1.807) is 12.3 Å². The third kappa shape index (κ3) is 4.11. The van der Waals surface area contributed by atoms with Crippen molar-refractivity contribution in [2.24, 2.45) is 0 Å². The van der Waals surface area contributed by atoms with Gasteiger partial charge < -0.3 is 9.64 Å². The quantitative estimate of drug-likeness (QED) is 0.610. The topological polar surface area (TPSA) is 58.6 Å². The fraction of sp³-hybridized carbons (Fsp3) is 0.423. The number of halogens is 1. The van der Waals surface area contributed by atoms with Gasteiger partial charge in [-0.05, 0) is 55.0 Å². The smallest absolute Gasteiger partial charge is 0.248 e. The van der Waals surface area contributed by atoms with E-state index >= 15 is 4.39 Å². The van der Waals surface area contributed by atoms with Crippen LogP contribution in [0, 0.1) is 5.82 Å². The lowest BCUT2D eigenvalue weighted by Gasteiger charge is -2.47. The van der Waals surface area contributed by atoms with Gasteiger partial charge in [0, 0.05) is 42.8 Å². The Morgan fingerprint density at radius 3 is 2.67 bits per heavy atom. The van der Waals surface area contributed by atoms with E-state index in [1.165, 1.54) is 6.33 Å². The van der Waals surface area contributed by atoms with Crippen LogP contribution < -0.4 is 0 Å². The van der Waals surface area contributed by atoms with Gasteiger partial charge in [-0.25, -0.2) is 14.4 Å². The molecule has 1 aliphatic carbocycles. The predicted molar refractivity (Wildman–Crippen MR) is 123 cm³/mol. The summed E-state index contributed by atoms with van der Waals surface area (Å²) >= 11 is 0. The number of benzene rings is 2. The molecule has 2 aromatic carbocycles. The number of aromatic nitrogens is 2. The van der Waals surface area contributed by atoms with E-state index < -0.39 is 0 Å². The molecule has 3 heterocycles. The fourth-order valence-corrected chi connectivity index (χ4v) is 5.14. The minimum absolute atomic E-state index is 0.131. The lowest BCUT2D eigenvalue weighted by atomic mass is 9.89. The summed E-state index contributed by atoms with van der Waals surface area (Å²) in [5, 5.41) is 0.939. The molecular weight excluding hydrogens is 419 g/mol. The molecule has 1 spiro atoms. The number of amides is 1. The molecule has 1 amide bonds. The Balaban J connectivity index is 1.12. The highest BCUT2D eigenvalue weighted by Crippen LogP contribution is 2.36. The van der Waals surface area contributed by atoms with Crippen LogP contribution in [0.2, 0.25) is 0 Å². The summed E-state index contributed by atoms with van der Waals surface area (Å²) in [6.07, 6.45) is 7.30. The molecule has 7 heteroatoms. The van der Waals surface area contributed by atoms with E-state index in [4.69, 9.17) is 4.74 Å². The van der Waals surface area contributed by atoms with Gasteiger partial charge in [-0.2, -0.15) is 0 Å². The molecule has 0 unspecified atom stereocenters. The summed E-state index contributed by atoms with van der Waals surface area (Å²) in [4.78, 5) is 24.8. The summed E-state index contributed by atoms with van der Waals surface area (Å²) in [5.74, 6) is -0.0525. The van der Waals surface area contributed by atoms with Gasteiger partial charge in [-0.1, -0.05) is 18.2 Å². The van der Waals surface area contributed by atoms with E-state index in [9.17, 15) is 4.79 Å². The molecule has 3 aromatic rings. The summed E-state index contributed by atoms with van der Waals surface area (Å²) in [7, 11) is 0. The number of carbonyl (C=O) groups excluding carboxylic acids is 1. The van der Waals surface area contributed by atoms with Crippen molar-refractivity contribution in [3.05, 3.63) is 60.3 Å². The number of rotatable bonds is 4. The van der Waals surface area contributed by atoms with Crippen molar-refractivity contribution in [2.45, 2.75) is 43.9 Å². The first-order valence-corrected chi connectivity index (χ1v) is 11.7. The van der Waals surface area contributed by atoms with Gasteiger partial charge >= 0.3 is 0 Å². The van der Waals surface area contributed by atoms with Crippen LogP contribution in [-0.4, -0.2) is 63.6 Å². The summed E-state index contributed by atoms with van der Waals surface area (Å²) < 4.78 is 21.1. The molecule has 33 heavy (non-hydrogen) atoms. The maximum absolute atomic E-state index is 15.0. The van der Waals surface area contributed by atoms with Gasteiger partial charge in [0.25, 0.3) is 0 Å². The third-order valence-corrected chi connectivity index (χ3v) is 7.32. The molecule has 1 saturated carbocycles. The van der Waals surface area contributed by atoms with Crippen molar-refractivity contribution < 1.29 is 13.9 Å². The van der Waals surface area contributed by atoms with Crippen molar-refractivity contribution in [3.8, 4) is 11.1 Å². The maximum Gasteiger partial charge on any atom is 0.248 e. The minimum atomic E-state index is -0.227. The number of fused-ring (bicyclic) bond motifs is 1. The SMILES string of the molecule is O=C1COC2(CCN(Cc3ccc(-c4ccc5ncncc5c4)cc3F)CC2)CN1C1CC1. The molecule has 0 atom stereocenters. The molecule has 2 aliphatic heterocycles. The molecule has 2 saturated heterocycles. The second-order valence-electron chi connectivity index (χ2n) is 9.60. The first kappa shape index (κ1) is 20.7. The summed E-state index contributed by atoms with van der Waals surface area (Å²) in [5.41, 5.74) is 3.15. The van der Waals surface area contributed by atoms with Gasteiger partial charge in [0.15, 0.2) is 0 Å². The van der Waals surface area contributed by atoms with Crippen LogP contribution >= 0.6 is 0 Å². The monoisotopic (exact) mass is 446 g/mol. The largest absolute Gasteiger partial charge is 0.363 e. The van der Waals surface area contributed by atoms with Crippen LogP contribution in [-0.2, 0) is 16.1 Å². The Bertz CT molecular complexity index is 1200. The number of morpholine rings is 1. The zero-order valence-corrected chi connectivity index (χ0v) is 18.5. The molecule has 0 N–H and O–H groups in total. The molecule has 6 nitrogen and oxygen atoms in total. The van der Waals surface area contributed by atoms with Crippen molar-refractivity contribution >= 4 is 16.8 Å². The number of hydrogen-bond acceptors (Lipinski definition) is 5. The van der Waals surface area contributed by atoms with E-state index in [0.29, 0.717) is 24.7 Å². The molecule has 0 bridgehead atoms. The second kappa shape index (κ2) is 8.15. The lowest BCUT2D eigenvalue weighted by molar-refractivity contribution is -0.172. The van der Waals surface area contributed by atoms with Crippen LogP contribution in [0.15, 0.2) is 48.9 Å². The highest BCUT2D eigenvalue weighted by molar-refractivity contribution is 5.83. The molecular formula is C26H27FN4O2. The van der Waals surface area contributed by atoms with Crippen molar-refractivity contribution in [2.75, 3.05) is 26.2 Å². The predicted octanol–water partition coefficient (Wildman–Crippen LogP) is 3.79. The Kier molecular flexibility index (Phi) is 5.11. The van der Waals surface area contributed by atoms with Gasteiger partial charge in [0.1, 0.15) is 18.8 Å². The summed E-state index contributed by atoms with van der Waals surface area (Å²) in [6, 6.07) is 11.8. The zero-order chi connectivity index (χ0) is 22.4. The van der Waals surface area contributed by atoms with Crippen LogP contribution in [0.3, 0.4) is 0 Å². The average Bonchev–Trinajstić information content (AvgIpc) is 3.69. The third-order valence-electron chi connectivity index (χ3n) is 7.32. The van der Waals surface area contributed by atoms with Crippen LogP contribution in [0.1, 0.15) is 31.2 Å². The number of likely N-dealkylation sites (tertiary alicyclic amines) is 1. The standard InChI is InChI=1S/C26H27FN4O2/c27-23-12-19(18-3-6-24-21(11-18)13-28-17-29-24)1-2-20(23)14-30-9-7-26(8-10-30)16-31(22-4-5-22)25(32)15-33-26/h1-3,6,11-13,17,22H,4-5,7-10,14-16H2. The first-order valence-electron chi connectivity index (χ1n) is 11.7. The first-order chi connectivity index (χ1) is 16.1. The minimum Gasteiger partial charge on any atom is -0.363 e. The maximum atomic E-state index is 15.0. The Labute approximate surface area is 192 Å². The molecule has 1 aromatic heterocycles. The Hall–Kier alpha value is -2.90. The van der Waals surface area contributed by atoms with Crippen molar-refractivity contribution in [1.82, 2.24) is 19.8 Å². The van der Waals surface area contributed by atoms with Crippen LogP contribution in [0.5, 0.6) is 0 Å². The van der Waals surface area contributed by atoms with Gasteiger partial charge in [0.2, 0.25) is 5.91 Å². The van der Waals surface area contributed by atoms with Gasteiger partial charge in [-0.15, -0.1) is 0 Å². The van der Waals surface area contributed by atoms with Crippen LogP contribution in [0.25, 0.3) is 22.0 Å². The molecule has 3 fully saturated rings. The fourth-order valence-electron chi connectivity index (χ4n) is 5.14. The van der Waals surface area contributed by atoms with E-state index in [1.807, 2.05) is 35.2 Å². The van der Waals surface area contributed by atoms with E-state index in [0.717, 1.165) is 60.8 Å². The normalized spacial score (nSPS) is 21.1. The number of ether oxygens (including phenoxy) is 1. The second-order valence-corrected chi connectivity index (χ2v) is 9.60. The number of piperidine rings is 1. The molecule has 3 aliphatic rings. The number of hydrogen-bond donors (Lipinski definition) is 0. The van der Waals surface area contributed by atoms with Gasteiger partial charge in [0.05, 0.1) is 17.7 Å². The number of nitrogens with zero attached hydrogens (tertiary/aromatic N) is 4.